The van der Waals surface area contributed by atoms with E-state index in [0.717, 1.165) is 0 Å². The number of nitrogens with zero attached hydrogens (tertiary/aromatic N) is 2. The molecule has 4 nitrogen and oxygen atoms in total. The Labute approximate surface area is 118 Å². The van der Waals surface area contributed by atoms with Gasteiger partial charge in [-0.3, -0.25) is 4.79 Å². The van der Waals surface area contributed by atoms with Crippen molar-refractivity contribution in [3.8, 4) is 0 Å². The average Bonchev–Trinajstić information content (AvgIpc) is 2.37. The molecule has 1 aromatic carbocycles. The van der Waals surface area contributed by atoms with Gasteiger partial charge in [0.2, 0.25) is 5.91 Å². The third kappa shape index (κ3) is 2.26. The fourth-order valence-corrected chi connectivity index (χ4v) is 2.76. The summed E-state index contributed by atoms with van der Waals surface area (Å²) in [5, 5.41) is 9.86. The molecule has 2 rings (SSSR count). The molecule has 1 aliphatic rings. The number of amides is 1. The topological polar surface area (TPSA) is 43.8 Å². The summed E-state index contributed by atoms with van der Waals surface area (Å²) >= 11 is 0. The Kier molecular flexibility index (Phi) is 3.73. The summed E-state index contributed by atoms with van der Waals surface area (Å²) in [7, 11) is 1.75. The monoisotopic (exact) mass is 280 g/mol. The number of anilines is 1. The molecule has 0 bridgehead atoms. The molecular formula is C15H21FN2O2. The molecule has 1 aliphatic heterocycles. The molecular weight excluding hydrogens is 259 g/mol. The summed E-state index contributed by atoms with van der Waals surface area (Å²) in [6.45, 7) is 6.24. The predicted molar refractivity (Wildman–Crippen MR) is 76.1 cm³/mol. The van der Waals surface area contributed by atoms with Gasteiger partial charge in [0.25, 0.3) is 0 Å². The van der Waals surface area contributed by atoms with E-state index >= 15 is 0 Å². The van der Waals surface area contributed by atoms with Crippen molar-refractivity contribution >= 4 is 11.6 Å². The van der Waals surface area contributed by atoms with Gasteiger partial charge in [-0.25, -0.2) is 4.39 Å². The van der Waals surface area contributed by atoms with Crippen LogP contribution in [0.2, 0.25) is 0 Å². The molecule has 0 aromatic heterocycles. The lowest BCUT2D eigenvalue weighted by atomic mass is 9.94. The van der Waals surface area contributed by atoms with Gasteiger partial charge < -0.3 is 14.9 Å². The molecule has 1 aromatic rings. The molecule has 0 spiro atoms. The van der Waals surface area contributed by atoms with E-state index in [0.29, 0.717) is 24.3 Å². The Balaban J connectivity index is 2.54. The first-order valence-corrected chi connectivity index (χ1v) is 6.76. The summed E-state index contributed by atoms with van der Waals surface area (Å²) < 4.78 is 14.3. The fourth-order valence-electron chi connectivity index (χ4n) is 2.76. The maximum Gasteiger partial charge on any atom is 0.247 e. The van der Waals surface area contributed by atoms with Crippen molar-refractivity contribution in [3.05, 3.63) is 29.6 Å². The average molecular weight is 280 g/mol. The van der Waals surface area contributed by atoms with Crippen LogP contribution in [0.25, 0.3) is 0 Å². The van der Waals surface area contributed by atoms with E-state index in [9.17, 15) is 14.3 Å². The Hall–Kier alpha value is -1.62. The van der Waals surface area contributed by atoms with Crippen molar-refractivity contribution in [1.82, 2.24) is 4.90 Å². The normalized spacial score (nSPS) is 20.2. The first-order chi connectivity index (χ1) is 9.26. The molecule has 0 aliphatic carbocycles. The van der Waals surface area contributed by atoms with Crippen molar-refractivity contribution in [1.29, 1.82) is 0 Å². The summed E-state index contributed by atoms with van der Waals surface area (Å²) in [6, 6.07) is 4.63. The predicted octanol–water partition coefficient (Wildman–Crippen LogP) is 1.94. The number of hydrogen-bond acceptors (Lipinski definition) is 3. The molecule has 1 N–H and O–H groups in total. The number of aliphatic hydroxyl groups excluding tert-OH is 1. The van der Waals surface area contributed by atoms with Gasteiger partial charge in [0, 0.05) is 25.7 Å². The molecule has 5 heteroatoms. The molecule has 0 saturated carbocycles. The summed E-state index contributed by atoms with van der Waals surface area (Å²) in [4.78, 5) is 15.7. The first-order valence-electron chi connectivity index (χ1n) is 6.76. The molecule has 1 amide bonds. The highest BCUT2D eigenvalue weighted by molar-refractivity contribution is 5.90. The van der Waals surface area contributed by atoms with Crippen molar-refractivity contribution < 1.29 is 14.3 Å². The molecule has 110 valence electrons. The van der Waals surface area contributed by atoms with Crippen molar-refractivity contribution in [2.24, 2.45) is 0 Å². The lowest BCUT2D eigenvalue weighted by Gasteiger charge is -2.47. The lowest BCUT2D eigenvalue weighted by Crippen LogP contribution is -2.62. The van der Waals surface area contributed by atoms with Crippen LogP contribution in [0.5, 0.6) is 0 Å². The van der Waals surface area contributed by atoms with Gasteiger partial charge in [-0.1, -0.05) is 12.1 Å². The van der Waals surface area contributed by atoms with E-state index in [1.807, 2.05) is 0 Å². The van der Waals surface area contributed by atoms with Gasteiger partial charge >= 0.3 is 0 Å². The van der Waals surface area contributed by atoms with E-state index in [-0.39, 0.29) is 5.91 Å². The van der Waals surface area contributed by atoms with Crippen LogP contribution in [-0.4, -0.2) is 41.6 Å². The zero-order valence-electron chi connectivity index (χ0n) is 12.4. The molecule has 1 fully saturated rings. The number of hydrogen-bond donors (Lipinski definition) is 1. The number of likely N-dealkylation sites (N-methyl/N-ethyl adjacent to an activating group) is 1. The zero-order valence-corrected chi connectivity index (χ0v) is 12.4. The van der Waals surface area contributed by atoms with Crippen LogP contribution >= 0.6 is 0 Å². The van der Waals surface area contributed by atoms with E-state index in [4.69, 9.17) is 0 Å². The smallest absolute Gasteiger partial charge is 0.247 e. The van der Waals surface area contributed by atoms with Crippen LogP contribution in [0.4, 0.5) is 10.1 Å². The van der Waals surface area contributed by atoms with Gasteiger partial charge in [0.15, 0.2) is 0 Å². The highest BCUT2D eigenvalue weighted by Crippen LogP contribution is 2.35. The summed E-state index contributed by atoms with van der Waals surface area (Å²) in [5.41, 5.74) is 0.00290. The van der Waals surface area contributed by atoms with Crippen LogP contribution in [0.3, 0.4) is 0 Å². The molecule has 1 unspecified atom stereocenters. The minimum atomic E-state index is -0.834. The highest BCUT2D eigenvalue weighted by Gasteiger charge is 2.42. The number of aliphatic hydroxyl groups is 1. The Morgan fingerprint density at radius 2 is 2.00 bits per heavy atom. The number of para-hydroxylation sites is 1. The van der Waals surface area contributed by atoms with Gasteiger partial charge in [-0.05, 0) is 26.8 Å². The number of rotatable bonds is 2. The van der Waals surface area contributed by atoms with Crippen molar-refractivity contribution in [2.75, 3.05) is 25.0 Å². The number of piperazine rings is 1. The van der Waals surface area contributed by atoms with Crippen LogP contribution in [0, 0.1) is 5.82 Å². The summed E-state index contributed by atoms with van der Waals surface area (Å²) in [5.74, 6) is -0.461. The van der Waals surface area contributed by atoms with Gasteiger partial charge in [0.05, 0.1) is 11.8 Å². The largest absolute Gasteiger partial charge is 0.389 e. The van der Waals surface area contributed by atoms with Gasteiger partial charge in [-0.15, -0.1) is 0 Å². The molecule has 20 heavy (non-hydrogen) atoms. The second-order valence-corrected chi connectivity index (χ2v) is 5.79. The summed E-state index contributed by atoms with van der Waals surface area (Å²) in [6.07, 6.45) is -0.786. The van der Waals surface area contributed by atoms with Crippen LogP contribution < -0.4 is 4.90 Å². The minimum absolute atomic E-state index is 0.0523. The Bertz CT molecular complexity index is 529. The Morgan fingerprint density at radius 3 is 2.60 bits per heavy atom. The van der Waals surface area contributed by atoms with Crippen molar-refractivity contribution in [3.63, 3.8) is 0 Å². The molecule has 0 radical (unpaired) electrons. The lowest BCUT2D eigenvalue weighted by molar-refractivity contribution is -0.136. The highest BCUT2D eigenvalue weighted by atomic mass is 19.1. The Morgan fingerprint density at radius 1 is 1.35 bits per heavy atom. The van der Waals surface area contributed by atoms with Crippen LogP contribution in [0.1, 0.15) is 32.4 Å². The van der Waals surface area contributed by atoms with Crippen molar-refractivity contribution in [2.45, 2.75) is 32.4 Å². The van der Waals surface area contributed by atoms with E-state index in [1.54, 1.807) is 49.8 Å². The molecule has 1 saturated heterocycles. The van der Waals surface area contributed by atoms with Crippen LogP contribution in [-0.2, 0) is 4.79 Å². The second kappa shape index (κ2) is 5.05. The van der Waals surface area contributed by atoms with E-state index in [2.05, 4.69) is 0 Å². The van der Waals surface area contributed by atoms with Crippen LogP contribution in [0.15, 0.2) is 18.2 Å². The van der Waals surface area contributed by atoms with E-state index in [1.165, 1.54) is 6.07 Å². The zero-order chi connectivity index (χ0) is 15.1. The standard InChI is InChI=1S/C15H21FN2O2/c1-10(19)11-6-5-7-12(16)13(11)18-9-8-17(4)14(20)15(18,2)3/h5-7,10,19H,8-9H2,1-4H3. The molecule has 1 atom stereocenters. The SMILES string of the molecule is CC(O)c1cccc(F)c1N1CCN(C)C(=O)C1(C)C. The first kappa shape index (κ1) is 14.8. The number of carbonyl (C=O) groups is 1. The second-order valence-electron chi connectivity index (χ2n) is 5.79. The van der Waals surface area contributed by atoms with Gasteiger partial charge in [0.1, 0.15) is 11.4 Å². The fraction of sp³-hybridized carbons (Fsp3) is 0.533. The molecule has 1 heterocycles. The van der Waals surface area contributed by atoms with E-state index < -0.39 is 17.5 Å². The number of halogens is 1. The third-order valence-corrected chi connectivity index (χ3v) is 3.94. The number of carbonyl (C=O) groups excluding carboxylic acids is 1. The maximum absolute atomic E-state index is 14.3. The third-order valence-electron chi connectivity index (χ3n) is 3.94. The number of benzene rings is 1. The minimum Gasteiger partial charge on any atom is -0.389 e. The maximum atomic E-state index is 14.3. The quantitative estimate of drug-likeness (QED) is 0.900. The van der Waals surface area contributed by atoms with Gasteiger partial charge in [-0.2, -0.15) is 0 Å².